The lowest BCUT2D eigenvalue weighted by Gasteiger charge is -2.46. The number of rotatable bonds is 7. The van der Waals surface area contributed by atoms with Crippen molar-refractivity contribution in [3.63, 3.8) is 0 Å². The van der Waals surface area contributed by atoms with Crippen LogP contribution >= 0.6 is 0 Å². The second-order valence-electron chi connectivity index (χ2n) is 23.9. The maximum Gasteiger partial charge on any atom is 0.252 e. The Bertz CT molecular complexity index is 5760. The molecule has 0 aliphatic carbocycles. The average Bonchev–Trinajstić information content (AvgIpc) is 1.16. The average molecular weight is 1130 g/mol. The number of nitrogens with zero attached hydrogens (tertiary/aromatic N) is 4. The second kappa shape index (κ2) is 18.4. The molecule has 0 amide bonds. The van der Waals surface area contributed by atoms with Gasteiger partial charge in [-0.2, -0.15) is 0 Å². The summed E-state index contributed by atoms with van der Waals surface area (Å²) in [7, 11) is 0. The van der Waals surface area contributed by atoms with Gasteiger partial charge in [-0.1, -0.05) is 273 Å². The minimum absolute atomic E-state index is 0.119. The minimum Gasteiger partial charge on any atom is -0.310 e. The van der Waals surface area contributed by atoms with E-state index in [9.17, 15) is 5.48 Å². The van der Waals surface area contributed by atoms with Crippen LogP contribution in [0.2, 0.25) is 0 Å². The Kier molecular flexibility index (Phi) is 9.09. The van der Waals surface area contributed by atoms with Gasteiger partial charge in [-0.15, -0.1) is 0 Å². The first-order valence-corrected chi connectivity index (χ1v) is 30.5. The number of benzene rings is 14. The summed E-state index contributed by atoms with van der Waals surface area (Å²) in [5, 5.41) is 9.39. The molecule has 0 atom stereocenters. The van der Waals surface area contributed by atoms with Crippen molar-refractivity contribution in [1.82, 2.24) is 8.80 Å². The van der Waals surface area contributed by atoms with E-state index in [-0.39, 0.29) is 17.6 Å². The summed E-state index contributed by atoms with van der Waals surface area (Å²) < 4.78 is 52.5. The van der Waals surface area contributed by atoms with Gasteiger partial charge >= 0.3 is 0 Å². The fourth-order valence-corrected chi connectivity index (χ4v) is 15.8. The first-order valence-electron chi connectivity index (χ1n) is 33.0. The lowest BCUT2D eigenvalue weighted by Crippen LogP contribution is -2.61. The van der Waals surface area contributed by atoms with Gasteiger partial charge in [0.2, 0.25) is 0 Å². The molecule has 2 aliphatic heterocycles. The van der Waals surface area contributed by atoms with E-state index in [2.05, 4.69) is 298 Å². The molecule has 5 heteroatoms. The molecule has 4 aromatic heterocycles. The molecule has 14 aromatic carbocycles. The quantitative estimate of drug-likeness (QED) is 0.148. The third-order valence-electron chi connectivity index (χ3n) is 19.4. The fraction of sp³-hybridized carbons (Fsp3) is 0. The molecular weight excluding hydrogens is 1080 g/mol. The Morgan fingerprint density at radius 3 is 1.01 bits per heavy atom. The molecule has 89 heavy (non-hydrogen) atoms. The van der Waals surface area contributed by atoms with Crippen LogP contribution in [0.15, 0.2) is 309 Å². The molecule has 2 aliphatic rings. The van der Waals surface area contributed by atoms with E-state index in [0.717, 1.165) is 128 Å². The zero-order valence-electron chi connectivity index (χ0n) is 52.9. The van der Waals surface area contributed by atoms with E-state index < -0.39 is 24.8 Å². The van der Waals surface area contributed by atoms with Crippen LogP contribution < -0.4 is 26.2 Å². The van der Waals surface area contributed by atoms with Crippen molar-refractivity contribution in [3.8, 4) is 55.6 Å². The number of aromatic nitrogens is 2. The maximum absolute atomic E-state index is 9.94. The molecule has 0 fully saturated rings. The van der Waals surface area contributed by atoms with Crippen LogP contribution in [0.5, 0.6) is 0 Å². The zero-order valence-corrected chi connectivity index (χ0v) is 47.9. The first kappa shape index (κ1) is 43.9. The van der Waals surface area contributed by atoms with Gasteiger partial charge in [-0.3, -0.25) is 0 Å². The van der Waals surface area contributed by atoms with Crippen molar-refractivity contribution in [2.75, 3.05) is 9.80 Å². The Labute approximate surface area is 521 Å². The summed E-state index contributed by atoms with van der Waals surface area (Å²) in [6.07, 6.45) is 0. The number of para-hydroxylation sites is 6. The molecule has 0 unspecified atom stereocenters. The van der Waals surface area contributed by atoms with Crippen LogP contribution in [-0.4, -0.2) is 15.5 Å². The van der Waals surface area contributed by atoms with Crippen molar-refractivity contribution in [2.45, 2.75) is 0 Å². The molecule has 0 saturated heterocycles. The van der Waals surface area contributed by atoms with Gasteiger partial charge in [0.25, 0.3) is 6.71 Å². The lowest BCUT2D eigenvalue weighted by molar-refractivity contribution is 1.25. The molecule has 4 nitrogen and oxygen atoms in total. The summed E-state index contributed by atoms with van der Waals surface area (Å²) in [6.45, 7) is -0.438. The largest absolute Gasteiger partial charge is 0.310 e. The second-order valence-corrected chi connectivity index (χ2v) is 23.9. The number of hydrogen-bond acceptors (Lipinski definition) is 2. The Morgan fingerprint density at radius 2 is 0.607 bits per heavy atom. The Morgan fingerprint density at radius 1 is 0.258 bits per heavy atom. The maximum atomic E-state index is 9.94. The standard InChI is InChI=1S/C84H51BN4/c1-6-24-52(25-7-1)57-46-78-80-79(47-57)89(82-60(55-30-12-4-13-31-55)38-21-39-61(82)56-32-14-5-15-33-56)77-51-75-69(67-43-23-41-65-63-35-17-19-45-73(63)87(75)84(65)67)49-71(77)85(80)70-48-68-66-42-22-40-64-62-34-16-18-44-72(62)86(83(64)66)74(68)50-76(70)88(78)81-58(53-26-8-2-9-27-53)36-20-37-59(81)54-28-10-3-11-29-54/h1-51H/i1D,6D,7D,24D,25D. The third kappa shape index (κ3) is 6.73. The topological polar surface area (TPSA) is 15.3 Å². The van der Waals surface area contributed by atoms with Gasteiger partial charge in [0.1, 0.15) is 0 Å². The van der Waals surface area contributed by atoms with Gasteiger partial charge in [0.05, 0.1) is 51.3 Å². The van der Waals surface area contributed by atoms with Crippen LogP contribution in [0.3, 0.4) is 0 Å². The zero-order chi connectivity index (χ0) is 62.4. The molecule has 0 spiro atoms. The van der Waals surface area contributed by atoms with Crippen LogP contribution in [0.4, 0.5) is 34.1 Å². The monoisotopic (exact) mass is 1130 g/mol. The molecule has 410 valence electrons. The van der Waals surface area contributed by atoms with Gasteiger partial charge in [0, 0.05) is 88.1 Å². The Balaban J connectivity index is 1.03. The molecule has 0 bridgehead atoms. The molecule has 0 N–H and O–H groups in total. The number of anilines is 6. The molecular formula is C84H51BN4. The van der Waals surface area contributed by atoms with Gasteiger partial charge in [-0.05, 0) is 86.2 Å². The van der Waals surface area contributed by atoms with Crippen molar-refractivity contribution < 1.29 is 6.85 Å². The van der Waals surface area contributed by atoms with E-state index in [1.165, 1.54) is 43.4 Å². The number of fused-ring (bicyclic) bond motifs is 16. The van der Waals surface area contributed by atoms with Crippen molar-refractivity contribution >= 4 is 133 Å². The molecule has 0 saturated carbocycles. The van der Waals surface area contributed by atoms with Gasteiger partial charge < -0.3 is 18.6 Å². The van der Waals surface area contributed by atoms with E-state index >= 15 is 0 Å². The summed E-state index contributed by atoms with van der Waals surface area (Å²) in [5.74, 6) is 0. The minimum atomic E-state index is -0.444. The fourth-order valence-electron chi connectivity index (χ4n) is 15.8. The lowest BCUT2D eigenvalue weighted by atomic mass is 9.33. The van der Waals surface area contributed by atoms with Gasteiger partial charge in [-0.25, -0.2) is 0 Å². The molecule has 20 rings (SSSR count). The smallest absolute Gasteiger partial charge is 0.252 e. The normalized spacial score (nSPS) is 13.7. The highest BCUT2D eigenvalue weighted by Crippen LogP contribution is 2.55. The van der Waals surface area contributed by atoms with E-state index in [0.29, 0.717) is 5.56 Å². The summed E-state index contributed by atoms with van der Waals surface area (Å²) in [4.78, 5) is 4.97. The summed E-state index contributed by atoms with van der Waals surface area (Å²) >= 11 is 0. The van der Waals surface area contributed by atoms with Gasteiger partial charge in [0.15, 0.2) is 0 Å². The first-order chi connectivity index (χ1) is 46.3. The summed E-state index contributed by atoms with van der Waals surface area (Å²) in [5.41, 5.74) is 24.1. The summed E-state index contributed by atoms with van der Waals surface area (Å²) in [6, 6.07) is 99.1. The predicted molar refractivity (Wildman–Crippen MR) is 377 cm³/mol. The van der Waals surface area contributed by atoms with E-state index in [1.807, 2.05) is 0 Å². The highest BCUT2D eigenvalue weighted by Gasteiger charge is 2.46. The van der Waals surface area contributed by atoms with Crippen molar-refractivity contribution in [2.24, 2.45) is 0 Å². The van der Waals surface area contributed by atoms with Crippen molar-refractivity contribution in [3.05, 3.63) is 309 Å². The number of hydrogen-bond donors (Lipinski definition) is 0. The highest BCUT2D eigenvalue weighted by atomic mass is 15.2. The SMILES string of the molecule is [2H]c1c([2H])c([2H])c(-c2cc3c4c(c2)N(c2c(-c5ccccc5)cccc2-c2ccccc2)c2cc5c(cc2B4c2cc4c6cccc7c8ccccc8n(c4cc2N3c2c(-c3ccccc3)cccc2-c2ccccc2)c76)c2cccc3c4ccccc4n5c32)c([2H])c1[2H]. The van der Waals surface area contributed by atoms with Crippen LogP contribution in [-0.2, 0) is 0 Å². The molecule has 0 radical (unpaired) electrons. The van der Waals surface area contributed by atoms with Crippen LogP contribution in [0.25, 0.3) is 132 Å². The van der Waals surface area contributed by atoms with E-state index in [4.69, 9.17) is 1.37 Å². The molecule has 18 aromatic rings. The van der Waals surface area contributed by atoms with E-state index in [1.54, 1.807) is 0 Å². The molecule has 6 heterocycles. The van der Waals surface area contributed by atoms with Crippen LogP contribution in [0.1, 0.15) is 6.85 Å². The third-order valence-corrected chi connectivity index (χ3v) is 19.4. The predicted octanol–water partition coefficient (Wildman–Crippen LogP) is 20.4. The van der Waals surface area contributed by atoms with Crippen molar-refractivity contribution in [1.29, 1.82) is 0 Å². The Hall–Kier alpha value is -11.7. The van der Waals surface area contributed by atoms with Crippen LogP contribution in [0, 0.1) is 0 Å². The highest BCUT2D eigenvalue weighted by molar-refractivity contribution is 7.00.